The van der Waals surface area contributed by atoms with E-state index in [4.69, 9.17) is 9.47 Å². The zero-order chi connectivity index (χ0) is 22.5. The average Bonchev–Trinajstić information content (AvgIpc) is 3.21. The van der Waals surface area contributed by atoms with Gasteiger partial charge in [0.15, 0.2) is 5.13 Å². The fraction of sp³-hybridized carbons (Fsp3) is 0.0870. The number of hydrogen-bond donors (Lipinski definition) is 3. The number of anilines is 3. The first kappa shape index (κ1) is 21.1. The second-order valence-electron chi connectivity index (χ2n) is 6.67. The average molecular weight is 449 g/mol. The van der Waals surface area contributed by atoms with E-state index in [0.29, 0.717) is 33.6 Å². The van der Waals surface area contributed by atoms with Crippen molar-refractivity contribution in [2.45, 2.75) is 0 Å². The number of rotatable bonds is 6. The van der Waals surface area contributed by atoms with Crippen molar-refractivity contribution >= 4 is 50.0 Å². The van der Waals surface area contributed by atoms with Crippen LogP contribution in [0.4, 0.5) is 21.3 Å². The first-order valence-electron chi connectivity index (χ1n) is 9.63. The molecule has 162 valence electrons. The van der Waals surface area contributed by atoms with Gasteiger partial charge in [-0.25, -0.2) is 9.78 Å². The Morgan fingerprint density at radius 2 is 1.69 bits per heavy atom. The predicted octanol–water partition coefficient (Wildman–Crippen LogP) is 5.21. The quantitative estimate of drug-likeness (QED) is 0.376. The Kier molecular flexibility index (Phi) is 6.18. The van der Waals surface area contributed by atoms with E-state index in [1.165, 1.54) is 18.4 Å². The third-order valence-electron chi connectivity index (χ3n) is 4.56. The normalized spacial score (nSPS) is 10.4. The summed E-state index contributed by atoms with van der Waals surface area (Å²) < 4.78 is 11.3. The van der Waals surface area contributed by atoms with Gasteiger partial charge < -0.3 is 20.1 Å². The first-order chi connectivity index (χ1) is 15.6. The summed E-state index contributed by atoms with van der Waals surface area (Å²) in [6.45, 7) is 0. The Bertz CT molecular complexity index is 1270. The SMILES string of the molecule is COc1ccc(OC)c(NC(=O)Nc2ccc3nc(NC(=O)c4ccccc4)sc3c2)c1. The minimum Gasteiger partial charge on any atom is -0.497 e. The van der Waals surface area contributed by atoms with Gasteiger partial charge in [-0.15, -0.1) is 0 Å². The van der Waals surface area contributed by atoms with Crippen molar-refractivity contribution in [2.24, 2.45) is 0 Å². The first-order valence-corrected chi connectivity index (χ1v) is 10.4. The van der Waals surface area contributed by atoms with Crippen molar-refractivity contribution in [1.82, 2.24) is 4.98 Å². The molecule has 0 fully saturated rings. The number of thiazole rings is 1. The minimum absolute atomic E-state index is 0.227. The van der Waals surface area contributed by atoms with Gasteiger partial charge in [0, 0.05) is 17.3 Å². The lowest BCUT2D eigenvalue weighted by atomic mass is 10.2. The van der Waals surface area contributed by atoms with Gasteiger partial charge >= 0.3 is 6.03 Å². The van der Waals surface area contributed by atoms with E-state index in [-0.39, 0.29) is 5.91 Å². The van der Waals surface area contributed by atoms with E-state index in [1.807, 2.05) is 6.07 Å². The number of benzene rings is 3. The molecule has 1 aromatic heterocycles. The summed E-state index contributed by atoms with van der Waals surface area (Å²) in [4.78, 5) is 29.3. The van der Waals surface area contributed by atoms with Crippen molar-refractivity contribution in [3.63, 3.8) is 0 Å². The number of nitrogens with zero attached hydrogens (tertiary/aromatic N) is 1. The number of ether oxygens (including phenoxy) is 2. The Hall–Kier alpha value is -4.11. The van der Waals surface area contributed by atoms with E-state index in [0.717, 1.165) is 10.2 Å². The number of methoxy groups -OCH3 is 2. The molecule has 32 heavy (non-hydrogen) atoms. The molecule has 9 heteroatoms. The maximum atomic E-state index is 12.5. The predicted molar refractivity (Wildman–Crippen MR) is 126 cm³/mol. The number of nitrogens with one attached hydrogen (secondary N) is 3. The highest BCUT2D eigenvalue weighted by atomic mass is 32.1. The topological polar surface area (TPSA) is 102 Å². The Morgan fingerprint density at radius 1 is 0.875 bits per heavy atom. The Morgan fingerprint density at radius 3 is 2.44 bits per heavy atom. The largest absolute Gasteiger partial charge is 0.497 e. The van der Waals surface area contributed by atoms with Gasteiger partial charge in [0.2, 0.25) is 0 Å². The fourth-order valence-corrected chi connectivity index (χ4v) is 3.91. The molecule has 3 amide bonds. The van der Waals surface area contributed by atoms with Gasteiger partial charge in [-0.2, -0.15) is 0 Å². The summed E-state index contributed by atoms with van der Waals surface area (Å²) in [6.07, 6.45) is 0. The molecule has 0 bridgehead atoms. The molecule has 3 N–H and O–H groups in total. The molecule has 0 aliphatic carbocycles. The molecule has 0 radical (unpaired) electrons. The molecule has 0 aliphatic rings. The molecule has 0 saturated heterocycles. The van der Waals surface area contributed by atoms with Crippen LogP contribution in [0.1, 0.15) is 10.4 Å². The maximum absolute atomic E-state index is 12.5. The molecule has 4 aromatic rings. The smallest absolute Gasteiger partial charge is 0.323 e. The second kappa shape index (κ2) is 9.36. The van der Waals surface area contributed by atoms with Crippen molar-refractivity contribution in [3.8, 4) is 11.5 Å². The van der Waals surface area contributed by atoms with Crippen LogP contribution in [0.5, 0.6) is 11.5 Å². The van der Waals surface area contributed by atoms with Crippen LogP contribution in [0.15, 0.2) is 66.7 Å². The highest BCUT2D eigenvalue weighted by Crippen LogP contribution is 2.30. The number of hydrogen-bond acceptors (Lipinski definition) is 6. The van der Waals surface area contributed by atoms with E-state index >= 15 is 0 Å². The van der Waals surface area contributed by atoms with Crippen LogP contribution >= 0.6 is 11.3 Å². The van der Waals surface area contributed by atoms with Gasteiger partial charge in [-0.05, 0) is 42.5 Å². The summed E-state index contributed by atoms with van der Waals surface area (Å²) in [5.74, 6) is 0.879. The molecular weight excluding hydrogens is 428 g/mol. The maximum Gasteiger partial charge on any atom is 0.323 e. The Labute approximate surface area is 188 Å². The lowest BCUT2D eigenvalue weighted by molar-refractivity contribution is 0.102. The number of fused-ring (bicyclic) bond motifs is 1. The van der Waals surface area contributed by atoms with E-state index in [9.17, 15) is 9.59 Å². The molecule has 8 nitrogen and oxygen atoms in total. The summed E-state index contributed by atoms with van der Waals surface area (Å²) in [6, 6.07) is 19.0. The van der Waals surface area contributed by atoms with Crippen molar-refractivity contribution in [1.29, 1.82) is 0 Å². The molecule has 0 saturated carbocycles. The molecule has 3 aromatic carbocycles. The number of carbonyl (C=O) groups is 2. The number of urea groups is 1. The number of carbonyl (C=O) groups excluding carboxylic acids is 2. The zero-order valence-electron chi connectivity index (χ0n) is 17.3. The summed E-state index contributed by atoms with van der Waals surface area (Å²) in [7, 11) is 3.07. The van der Waals surface area contributed by atoms with Gasteiger partial charge in [0.1, 0.15) is 11.5 Å². The highest BCUT2D eigenvalue weighted by Gasteiger charge is 2.12. The van der Waals surface area contributed by atoms with E-state index in [1.54, 1.807) is 67.8 Å². The minimum atomic E-state index is -0.432. The molecular formula is C23H20N4O4S. The molecule has 0 aliphatic heterocycles. The van der Waals surface area contributed by atoms with Crippen molar-refractivity contribution in [3.05, 3.63) is 72.3 Å². The lowest BCUT2D eigenvalue weighted by Crippen LogP contribution is -2.19. The molecule has 0 atom stereocenters. The molecule has 4 rings (SSSR count). The zero-order valence-corrected chi connectivity index (χ0v) is 18.2. The van der Waals surface area contributed by atoms with Crippen molar-refractivity contribution < 1.29 is 19.1 Å². The fourth-order valence-electron chi connectivity index (χ4n) is 3.01. The van der Waals surface area contributed by atoms with Crippen LogP contribution in [-0.2, 0) is 0 Å². The molecule has 0 unspecified atom stereocenters. The summed E-state index contributed by atoms with van der Waals surface area (Å²) in [5, 5.41) is 8.84. The van der Waals surface area contributed by atoms with E-state index < -0.39 is 6.03 Å². The number of aromatic nitrogens is 1. The van der Waals surface area contributed by atoms with Gasteiger partial charge in [-0.1, -0.05) is 29.5 Å². The van der Waals surface area contributed by atoms with E-state index in [2.05, 4.69) is 20.9 Å². The van der Waals surface area contributed by atoms with Gasteiger partial charge in [0.25, 0.3) is 5.91 Å². The van der Waals surface area contributed by atoms with Crippen LogP contribution in [0.3, 0.4) is 0 Å². The van der Waals surface area contributed by atoms with Gasteiger partial charge in [0.05, 0.1) is 30.1 Å². The van der Waals surface area contributed by atoms with Gasteiger partial charge in [-0.3, -0.25) is 10.1 Å². The van der Waals surface area contributed by atoms with Crippen LogP contribution in [0.2, 0.25) is 0 Å². The monoisotopic (exact) mass is 448 g/mol. The lowest BCUT2D eigenvalue weighted by Gasteiger charge is -2.12. The van der Waals surface area contributed by atoms with Crippen LogP contribution in [0.25, 0.3) is 10.2 Å². The van der Waals surface area contributed by atoms with Crippen LogP contribution < -0.4 is 25.4 Å². The Balaban J connectivity index is 1.46. The molecule has 0 spiro atoms. The third kappa shape index (κ3) is 4.79. The summed E-state index contributed by atoms with van der Waals surface area (Å²) in [5.41, 5.74) is 2.34. The highest BCUT2D eigenvalue weighted by molar-refractivity contribution is 7.22. The third-order valence-corrected chi connectivity index (χ3v) is 5.49. The second-order valence-corrected chi connectivity index (χ2v) is 7.70. The molecule has 1 heterocycles. The van der Waals surface area contributed by atoms with Crippen LogP contribution in [0, 0.1) is 0 Å². The van der Waals surface area contributed by atoms with Crippen molar-refractivity contribution in [2.75, 3.05) is 30.2 Å². The standard InChI is InChI=1S/C23H20N4O4S/c1-30-16-9-11-19(31-2)18(13-16)25-22(29)24-15-8-10-17-20(12-15)32-23(26-17)27-21(28)14-6-4-3-5-7-14/h3-13H,1-2H3,(H2,24,25,29)(H,26,27,28). The number of amides is 3. The van der Waals surface area contributed by atoms with Crippen LogP contribution in [-0.4, -0.2) is 31.1 Å². The summed E-state index contributed by atoms with van der Waals surface area (Å²) >= 11 is 1.33.